The van der Waals surface area contributed by atoms with Crippen LogP contribution >= 0.6 is 0 Å². The molecule has 0 fully saturated rings. The summed E-state index contributed by atoms with van der Waals surface area (Å²) in [5.74, 6) is 0. The average Bonchev–Trinajstić information content (AvgIpc) is 2.14. The number of aliphatic hydroxyl groups is 1. The van der Waals surface area contributed by atoms with Gasteiger partial charge in [-0.1, -0.05) is 18.5 Å². The standard InChI is InChI=1S/C8H16N2O3/c1-2-3-7(9-6-12)8(10-13)4-5-11/h6-8,11H,2-5H2,1H3,(H,9,12). The van der Waals surface area contributed by atoms with Gasteiger partial charge < -0.3 is 10.4 Å². The van der Waals surface area contributed by atoms with Crippen LogP contribution in [0.25, 0.3) is 0 Å². The summed E-state index contributed by atoms with van der Waals surface area (Å²) in [4.78, 5) is 20.6. The van der Waals surface area contributed by atoms with E-state index >= 15 is 0 Å². The number of hydrogen-bond donors (Lipinski definition) is 2. The summed E-state index contributed by atoms with van der Waals surface area (Å²) in [5.41, 5.74) is 0. The Bertz CT molecular complexity index is 152. The van der Waals surface area contributed by atoms with Crippen molar-refractivity contribution in [2.24, 2.45) is 5.18 Å². The number of nitrogens with zero attached hydrogens (tertiary/aromatic N) is 1. The molecule has 2 unspecified atom stereocenters. The van der Waals surface area contributed by atoms with Gasteiger partial charge in [0.1, 0.15) is 6.04 Å². The first kappa shape index (κ1) is 12.0. The van der Waals surface area contributed by atoms with Gasteiger partial charge in [0.2, 0.25) is 6.41 Å². The first-order valence-corrected chi connectivity index (χ1v) is 4.43. The predicted molar refractivity (Wildman–Crippen MR) is 49.2 cm³/mol. The number of aliphatic hydroxyl groups excluding tert-OH is 1. The highest BCUT2D eigenvalue weighted by Crippen LogP contribution is 2.09. The van der Waals surface area contributed by atoms with E-state index in [2.05, 4.69) is 10.5 Å². The van der Waals surface area contributed by atoms with E-state index in [1.165, 1.54) is 0 Å². The minimum Gasteiger partial charge on any atom is -0.396 e. The average molecular weight is 188 g/mol. The fourth-order valence-corrected chi connectivity index (χ4v) is 1.24. The lowest BCUT2D eigenvalue weighted by molar-refractivity contribution is -0.110. The van der Waals surface area contributed by atoms with Crippen LogP contribution in [0.1, 0.15) is 26.2 Å². The first-order valence-electron chi connectivity index (χ1n) is 4.43. The Balaban J connectivity index is 4.09. The van der Waals surface area contributed by atoms with Crippen LogP contribution < -0.4 is 5.32 Å². The molecular formula is C8H16N2O3. The summed E-state index contributed by atoms with van der Waals surface area (Å²) < 4.78 is 0. The number of carbonyl (C=O) groups excluding carboxylic acids is 1. The lowest BCUT2D eigenvalue weighted by Gasteiger charge is -2.19. The molecule has 0 rings (SSSR count). The summed E-state index contributed by atoms with van der Waals surface area (Å²) in [7, 11) is 0. The van der Waals surface area contributed by atoms with E-state index in [1.807, 2.05) is 6.92 Å². The van der Waals surface area contributed by atoms with Gasteiger partial charge in [-0.2, -0.15) is 4.91 Å². The van der Waals surface area contributed by atoms with Crippen molar-refractivity contribution in [3.05, 3.63) is 4.91 Å². The van der Waals surface area contributed by atoms with E-state index in [4.69, 9.17) is 5.11 Å². The summed E-state index contributed by atoms with van der Waals surface area (Å²) in [6, 6.07) is -0.762. The largest absolute Gasteiger partial charge is 0.396 e. The van der Waals surface area contributed by atoms with E-state index in [9.17, 15) is 9.70 Å². The maximum Gasteiger partial charge on any atom is 0.207 e. The zero-order valence-electron chi connectivity index (χ0n) is 7.77. The summed E-state index contributed by atoms with van der Waals surface area (Å²) in [5, 5.41) is 14.1. The minimum absolute atomic E-state index is 0.0862. The predicted octanol–water partition coefficient (Wildman–Crippen LogP) is 0.419. The van der Waals surface area contributed by atoms with Gasteiger partial charge in [-0.15, -0.1) is 0 Å². The molecule has 0 aliphatic rings. The Morgan fingerprint density at radius 3 is 2.62 bits per heavy atom. The van der Waals surface area contributed by atoms with Gasteiger partial charge >= 0.3 is 0 Å². The van der Waals surface area contributed by atoms with E-state index in [1.54, 1.807) is 0 Å². The van der Waals surface area contributed by atoms with E-state index < -0.39 is 6.04 Å². The summed E-state index contributed by atoms with van der Waals surface area (Å²) >= 11 is 0. The normalized spacial score (nSPS) is 14.6. The van der Waals surface area contributed by atoms with Crippen LogP contribution in [0.5, 0.6) is 0 Å². The third kappa shape index (κ3) is 4.57. The number of amides is 1. The smallest absolute Gasteiger partial charge is 0.207 e. The van der Waals surface area contributed by atoms with Gasteiger partial charge in [0, 0.05) is 6.61 Å². The van der Waals surface area contributed by atoms with Crippen LogP contribution in [-0.2, 0) is 4.79 Å². The van der Waals surface area contributed by atoms with E-state index in [-0.39, 0.29) is 12.6 Å². The highest BCUT2D eigenvalue weighted by Gasteiger charge is 2.20. The van der Waals surface area contributed by atoms with E-state index in [0.717, 1.165) is 6.42 Å². The Hall–Kier alpha value is -0.970. The van der Waals surface area contributed by atoms with Crippen LogP contribution in [0.3, 0.4) is 0 Å². The molecular weight excluding hydrogens is 172 g/mol. The molecule has 0 bridgehead atoms. The SMILES string of the molecule is CCCC(NC=O)C(CCO)N=O. The molecule has 5 nitrogen and oxygen atoms in total. The van der Waals surface area contributed by atoms with E-state index in [0.29, 0.717) is 19.3 Å². The van der Waals surface area contributed by atoms with Crippen molar-refractivity contribution in [1.29, 1.82) is 0 Å². The Morgan fingerprint density at radius 1 is 1.54 bits per heavy atom. The second-order valence-electron chi connectivity index (χ2n) is 2.86. The second-order valence-corrected chi connectivity index (χ2v) is 2.86. The van der Waals surface area contributed by atoms with Gasteiger partial charge in [0.15, 0.2) is 0 Å². The quantitative estimate of drug-likeness (QED) is 0.428. The molecule has 0 spiro atoms. The number of rotatable bonds is 8. The molecule has 76 valence electrons. The molecule has 0 aliphatic heterocycles. The van der Waals surface area contributed by atoms with Crippen molar-refractivity contribution in [2.75, 3.05) is 6.61 Å². The van der Waals surface area contributed by atoms with Gasteiger partial charge in [-0.3, -0.25) is 4.79 Å². The zero-order chi connectivity index (χ0) is 10.1. The van der Waals surface area contributed by atoms with Crippen molar-refractivity contribution in [3.63, 3.8) is 0 Å². The Kier molecular flexibility index (Phi) is 7.10. The Morgan fingerprint density at radius 2 is 2.23 bits per heavy atom. The molecule has 2 atom stereocenters. The molecule has 1 amide bonds. The number of nitroso groups, excluding NO2 is 1. The molecule has 0 saturated carbocycles. The molecule has 0 saturated heterocycles. The van der Waals surface area contributed by atoms with Gasteiger partial charge in [0.25, 0.3) is 0 Å². The highest BCUT2D eigenvalue weighted by atomic mass is 16.3. The minimum atomic E-state index is -0.518. The third-order valence-electron chi connectivity index (χ3n) is 1.91. The van der Waals surface area contributed by atoms with Crippen LogP contribution in [0.4, 0.5) is 0 Å². The molecule has 5 heteroatoms. The fraction of sp³-hybridized carbons (Fsp3) is 0.875. The maximum atomic E-state index is 10.4. The molecule has 0 radical (unpaired) electrons. The first-order chi connectivity index (χ1) is 6.29. The maximum absolute atomic E-state index is 10.4. The zero-order valence-corrected chi connectivity index (χ0v) is 7.77. The van der Waals surface area contributed by atoms with Crippen molar-refractivity contribution < 1.29 is 9.90 Å². The topological polar surface area (TPSA) is 78.8 Å². The number of hydrogen-bond acceptors (Lipinski definition) is 4. The van der Waals surface area contributed by atoms with Gasteiger partial charge in [-0.05, 0) is 12.8 Å². The summed E-state index contributed by atoms with van der Waals surface area (Å²) in [6.45, 7) is 1.87. The summed E-state index contributed by atoms with van der Waals surface area (Å²) in [6.07, 6.45) is 2.43. The molecule has 0 aliphatic carbocycles. The second kappa shape index (κ2) is 7.67. The monoisotopic (exact) mass is 188 g/mol. The van der Waals surface area contributed by atoms with Crippen molar-refractivity contribution >= 4 is 6.41 Å². The molecule has 0 heterocycles. The van der Waals surface area contributed by atoms with Crippen molar-refractivity contribution in [2.45, 2.75) is 38.3 Å². The van der Waals surface area contributed by atoms with Gasteiger partial charge in [-0.25, -0.2) is 0 Å². The molecule has 0 aromatic carbocycles. The van der Waals surface area contributed by atoms with Crippen LogP contribution in [0, 0.1) is 4.91 Å². The van der Waals surface area contributed by atoms with Crippen LogP contribution in [0.2, 0.25) is 0 Å². The third-order valence-corrected chi connectivity index (χ3v) is 1.91. The van der Waals surface area contributed by atoms with Crippen molar-refractivity contribution in [1.82, 2.24) is 5.32 Å². The number of nitrogens with one attached hydrogen (secondary N) is 1. The van der Waals surface area contributed by atoms with Crippen molar-refractivity contribution in [3.8, 4) is 0 Å². The highest BCUT2D eigenvalue weighted by molar-refractivity contribution is 5.46. The lowest BCUT2D eigenvalue weighted by Crippen LogP contribution is -2.38. The molecule has 0 aromatic rings. The van der Waals surface area contributed by atoms with Crippen LogP contribution in [-0.4, -0.2) is 30.2 Å². The molecule has 0 aromatic heterocycles. The van der Waals surface area contributed by atoms with Crippen LogP contribution in [0.15, 0.2) is 5.18 Å². The molecule has 13 heavy (non-hydrogen) atoms. The van der Waals surface area contributed by atoms with Gasteiger partial charge in [0.05, 0.1) is 6.04 Å². The molecule has 2 N–H and O–H groups in total. The number of carbonyl (C=O) groups is 1. The fourth-order valence-electron chi connectivity index (χ4n) is 1.24. The lowest BCUT2D eigenvalue weighted by atomic mass is 10.0. The Labute approximate surface area is 77.5 Å².